The molecule has 11 heteroatoms. The molecule has 5 atom stereocenters. The lowest BCUT2D eigenvalue weighted by Gasteiger charge is -2.36. The van der Waals surface area contributed by atoms with Crippen molar-refractivity contribution in [1.29, 1.82) is 0 Å². The van der Waals surface area contributed by atoms with Gasteiger partial charge in [-0.15, -0.1) is 13.2 Å². The van der Waals surface area contributed by atoms with E-state index in [9.17, 15) is 24.0 Å². The first kappa shape index (κ1) is 35.3. The fraction of sp³-hybridized carbons (Fsp3) is 0.727. The van der Waals surface area contributed by atoms with Gasteiger partial charge in [-0.05, 0) is 79.1 Å². The van der Waals surface area contributed by atoms with Crippen LogP contribution in [-0.4, -0.2) is 83.0 Å². The molecule has 3 N–H and O–H groups in total. The number of alkyl carbamates (subject to hydrolysis) is 1. The number of ketones is 1. The number of carbonyl (C=O) groups excluding carboxylic acids is 5. The molecule has 4 amide bonds. The maximum Gasteiger partial charge on any atom is 0.408 e. The molecule has 2 saturated heterocycles. The summed E-state index contributed by atoms with van der Waals surface area (Å²) in [5.41, 5.74) is -1.24. The largest absolute Gasteiger partial charge is 0.444 e. The van der Waals surface area contributed by atoms with Crippen LogP contribution in [-0.2, 0) is 28.7 Å². The third-order valence-corrected chi connectivity index (χ3v) is 8.55. The molecule has 0 radical (unpaired) electrons. The van der Waals surface area contributed by atoms with Crippen LogP contribution in [0.15, 0.2) is 25.3 Å². The van der Waals surface area contributed by atoms with Crippen LogP contribution in [0.2, 0.25) is 0 Å². The normalized spacial score (nSPS) is 24.4. The second-order valence-corrected chi connectivity index (χ2v) is 13.9. The monoisotopic (exact) mass is 616 g/mol. The van der Waals surface area contributed by atoms with Crippen LogP contribution in [0.5, 0.6) is 0 Å². The number of nitrogens with zero attached hydrogens (tertiary/aromatic N) is 1. The van der Waals surface area contributed by atoms with Gasteiger partial charge >= 0.3 is 6.09 Å². The van der Waals surface area contributed by atoms with E-state index < -0.39 is 53.0 Å². The Morgan fingerprint density at radius 2 is 1.68 bits per heavy atom. The molecule has 2 heterocycles. The zero-order valence-electron chi connectivity index (χ0n) is 27.1. The van der Waals surface area contributed by atoms with Crippen molar-refractivity contribution in [2.24, 2.45) is 11.8 Å². The minimum atomic E-state index is -1.09. The number of likely N-dealkylation sites (tertiary alicyclic amines) is 1. The summed E-state index contributed by atoms with van der Waals surface area (Å²) in [5, 5.41) is 8.21. The van der Waals surface area contributed by atoms with Crippen molar-refractivity contribution >= 4 is 29.6 Å². The van der Waals surface area contributed by atoms with Gasteiger partial charge in [0.05, 0.1) is 17.7 Å². The molecule has 44 heavy (non-hydrogen) atoms. The van der Waals surface area contributed by atoms with Crippen LogP contribution < -0.4 is 16.0 Å². The number of fused-ring (bicyclic) bond motifs is 1. The first-order chi connectivity index (χ1) is 20.7. The number of allylic oxidation sites excluding steroid dienone is 1. The first-order valence-electron chi connectivity index (χ1n) is 16.0. The smallest absolute Gasteiger partial charge is 0.408 e. The molecule has 246 valence electrons. The van der Waals surface area contributed by atoms with E-state index in [1.165, 1.54) is 4.90 Å². The van der Waals surface area contributed by atoms with Gasteiger partial charge in [0.25, 0.3) is 5.91 Å². The van der Waals surface area contributed by atoms with Crippen LogP contribution >= 0.6 is 0 Å². The molecule has 1 saturated carbocycles. The molecule has 0 aromatic heterocycles. The lowest BCUT2D eigenvalue weighted by molar-refractivity contribution is -0.144. The zero-order chi connectivity index (χ0) is 32.7. The molecule has 11 nitrogen and oxygen atoms in total. The van der Waals surface area contributed by atoms with Crippen LogP contribution in [0.4, 0.5) is 4.79 Å². The minimum Gasteiger partial charge on any atom is -0.444 e. The zero-order valence-corrected chi connectivity index (χ0v) is 27.1. The number of rotatable bonds is 13. The summed E-state index contributed by atoms with van der Waals surface area (Å²) in [6.07, 6.45) is 8.28. The van der Waals surface area contributed by atoms with Gasteiger partial charge in [-0.2, -0.15) is 0 Å². The Morgan fingerprint density at radius 3 is 2.30 bits per heavy atom. The topological polar surface area (TPSA) is 143 Å². The maximum atomic E-state index is 14.4. The van der Waals surface area contributed by atoms with E-state index >= 15 is 0 Å². The summed E-state index contributed by atoms with van der Waals surface area (Å²) in [7, 11) is 0. The van der Waals surface area contributed by atoms with E-state index in [2.05, 4.69) is 29.1 Å². The predicted molar refractivity (Wildman–Crippen MR) is 166 cm³/mol. The van der Waals surface area contributed by atoms with Gasteiger partial charge in [-0.25, -0.2) is 4.79 Å². The Hall–Kier alpha value is -3.21. The number of amides is 4. The van der Waals surface area contributed by atoms with Gasteiger partial charge in [0.2, 0.25) is 17.6 Å². The van der Waals surface area contributed by atoms with Gasteiger partial charge in [0.1, 0.15) is 17.7 Å². The third-order valence-electron chi connectivity index (χ3n) is 8.55. The predicted octanol–water partition coefficient (Wildman–Crippen LogP) is 3.57. The SMILES string of the molecule is C=CCCNC(=O)C(=O)C(CCC=C)NC(=O)[C@@H]1[C@H]2CC(C)(C)O[C@H]2CN1C(=O)[C@@H](NC(=O)OC(C)(C)C)C1CCCCC1. The lowest BCUT2D eigenvalue weighted by atomic mass is 9.83. The molecule has 0 aromatic rings. The lowest BCUT2D eigenvalue weighted by Crippen LogP contribution is -2.59. The highest BCUT2D eigenvalue weighted by molar-refractivity contribution is 6.38. The molecule has 2 aliphatic heterocycles. The molecular formula is C33H52N4O7. The molecule has 1 unspecified atom stereocenters. The second-order valence-electron chi connectivity index (χ2n) is 13.9. The van der Waals surface area contributed by atoms with Crippen LogP contribution in [0, 0.1) is 11.8 Å². The Bertz CT molecular complexity index is 1090. The Kier molecular flexibility index (Phi) is 12.2. The van der Waals surface area contributed by atoms with E-state index in [1.54, 1.807) is 32.9 Å². The van der Waals surface area contributed by atoms with E-state index in [1.807, 2.05) is 13.8 Å². The second kappa shape index (κ2) is 15.2. The summed E-state index contributed by atoms with van der Waals surface area (Å²) in [4.78, 5) is 68.6. The standard InChI is InChI=1S/C33H52N4O7/c1-8-10-17-23(27(38)29(40)34-18-11-9-2)35-28(39)26-22-19-33(6,7)43-24(22)20-37(26)30(41)25(21-15-13-12-14-16-21)36-31(42)44-32(3,4)5/h8-9,21-26H,1-2,10-20H2,3-7H3,(H,34,40)(H,35,39)(H,36,42)/t22-,23?,24-,25-,26-/m0/s1. The summed E-state index contributed by atoms with van der Waals surface area (Å²) >= 11 is 0. The van der Waals surface area contributed by atoms with Crippen molar-refractivity contribution in [2.45, 2.75) is 128 Å². The highest BCUT2D eigenvalue weighted by atomic mass is 16.6. The Balaban J connectivity index is 1.89. The summed E-state index contributed by atoms with van der Waals surface area (Å²) in [5.74, 6) is -2.86. The fourth-order valence-corrected chi connectivity index (χ4v) is 6.64. The van der Waals surface area contributed by atoms with Crippen LogP contribution in [0.1, 0.15) is 92.4 Å². The van der Waals surface area contributed by atoms with Gasteiger partial charge in [0.15, 0.2) is 0 Å². The van der Waals surface area contributed by atoms with Crippen molar-refractivity contribution in [1.82, 2.24) is 20.9 Å². The number of Topliss-reactive ketones (excluding diaryl/α,β-unsaturated/α-hetero) is 1. The van der Waals surface area contributed by atoms with E-state index in [0.717, 1.165) is 32.1 Å². The summed E-state index contributed by atoms with van der Waals surface area (Å²) < 4.78 is 11.8. The highest BCUT2D eigenvalue weighted by Gasteiger charge is 2.56. The van der Waals surface area contributed by atoms with Gasteiger partial charge in [-0.3, -0.25) is 19.2 Å². The molecule has 3 aliphatic rings. The maximum absolute atomic E-state index is 14.4. The summed E-state index contributed by atoms with van der Waals surface area (Å²) in [6.45, 7) is 16.9. The summed E-state index contributed by atoms with van der Waals surface area (Å²) in [6, 6.07) is -2.91. The molecular weight excluding hydrogens is 564 g/mol. The molecule has 0 spiro atoms. The quantitative estimate of drug-likeness (QED) is 0.163. The third kappa shape index (κ3) is 9.39. The van der Waals surface area contributed by atoms with Crippen molar-refractivity contribution in [3.8, 4) is 0 Å². The van der Waals surface area contributed by atoms with Crippen molar-refractivity contribution < 1.29 is 33.4 Å². The van der Waals surface area contributed by atoms with E-state index in [0.29, 0.717) is 19.3 Å². The van der Waals surface area contributed by atoms with E-state index in [-0.39, 0.29) is 43.4 Å². The number of hydrogen-bond acceptors (Lipinski definition) is 7. The molecule has 0 bridgehead atoms. The Morgan fingerprint density at radius 1 is 1.02 bits per heavy atom. The van der Waals surface area contributed by atoms with Crippen molar-refractivity contribution in [3.63, 3.8) is 0 Å². The van der Waals surface area contributed by atoms with Crippen molar-refractivity contribution in [2.75, 3.05) is 13.1 Å². The highest BCUT2D eigenvalue weighted by Crippen LogP contribution is 2.43. The average Bonchev–Trinajstić information content (AvgIpc) is 3.44. The molecule has 3 rings (SSSR count). The number of ether oxygens (including phenoxy) is 2. The molecule has 1 aliphatic carbocycles. The number of nitrogens with one attached hydrogen (secondary N) is 3. The minimum absolute atomic E-state index is 0.105. The molecule has 0 aromatic carbocycles. The average molecular weight is 617 g/mol. The Labute approximate surface area is 261 Å². The van der Waals surface area contributed by atoms with Crippen LogP contribution in [0.25, 0.3) is 0 Å². The fourth-order valence-electron chi connectivity index (χ4n) is 6.64. The van der Waals surface area contributed by atoms with Gasteiger partial charge in [0, 0.05) is 19.0 Å². The molecule has 3 fully saturated rings. The van der Waals surface area contributed by atoms with Crippen LogP contribution in [0.3, 0.4) is 0 Å². The number of carbonyl (C=O) groups is 5. The van der Waals surface area contributed by atoms with Gasteiger partial charge in [-0.1, -0.05) is 31.4 Å². The number of hydrogen-bond donors (Lipinski definition) is 3. The first-order valence-corrected chi connectivity index (χ1v) is 16.0. The van der Waals surface area contributed by atoms with Gasteiger partial charge < -0.3 is 30.3 Å². The van der Waals surface area contributed by atoms with Crippen molar-refractivity contribution in [3.05, 3.63) is 25.3 Å². The van der Waals surface area contributed by atoms with E-state index in [4.69, 9.17) is 9.47 Å².